The van der Waals surface area contributed by atoms with E-state index in [2.05, 4.69) is 4.90 Å². The van der Waals surface area contributed by atoms with Crippen LogP contribution in [0.25, 0.3) is 0 Å². The van der Waals surface area contributed by atoms with E-state index in [4.69, 9.17) is 4.74 Å². The molecule has 2 aliphatic heterocycles. The zero-order valence-corrected chi connectivity index (χ0v) is 13.9. The molecule has 2 atom stereocenters. The van der Waals surface area contributed by atoms with Gasteiger partial charge in [0.1, 0.15) is 0 Å². The first-order valence-electron chi connectivity index (χ1n) is 8.39. The van der Waals surface area contributed by atoms with E-state index in [1.54, 1.807) is 24.1 Å². The van der Waals surface area contributed by atoms with Crippen LogP contribution >= 0.6 is 0 Å². The Hall–Kier alpha value is -1.99. The first kappa shape index (κ1) is 16.9. The van der Waals surface area contributed by atoms with Gasteiger partial charge in [-0.3, -0.25) is 19.8 Å². The predicted octanol–water partition coefficient (Wildman–Crippen LogP) is 2.06. The van der Waals surface area contributed by atoms with Crippen LogP contribution in [-0.4, -0.2) is 55.1 Å². The van der Waals surface area contributed by atoms with Crippen LogP contribution < -0.4 is 4.90 Å². The summed E-state index contributed by atoms with van der Waals surface area (Å²) in [6, 6.07) is 6.19. The molecule has 0 N–H and O–H groups in total. The maximum absolute atomic E-state index is 12.8. The normalized spacial score (nSPS) is 25.2. The number of nitro benzene ring substituents is 1. The second-order valence-electron chi connectivity index (χ2n) is 6.53. The van der Waals surface area contributed by atoms with E-state index in [0.717, 1.165) is 39.0 Å². The monoisotopic (exact) mass is 333 g/mol. The highest BCUT2D eigenvalue weighted by Gasteiger charge is 2.38. The molecule has 24 heavy (non-hydrogen) atoms. The zero-order valence-electron chi connectivity index (χ0n) is 13.9. The summed E-state index contributed by atoms with van der Waals surface area (Å²) in [5.74, 6) is 0.525. The predicted molar refractivity (Wildman–Crippen MR) is 90.0 cm³/mol. The van der Waals surface area contributed by atoms with Crippen LogP contribution in [0.2, 0.25) is 0 Å². The summed E-state index contributed by atoms with van der Waals surface area (Å²) in [4.78, 5) is 27.3. The van der Waals surface area contributed by atoms with Crippen molar-refractivity contribution in [2.75, 3.05) is 38.3 Å². The van der Waals surface area contributed by atoms with Crippen LogP contribution in [0.5, 0.6) is 0 Å². The molecule has 0 saturated carbocycles. The lowest BCUT2D eigenvalue weighted by Crippen LogP contribution is -2.47. The Morgan fingerprint density at radius 3 is 2.92 bits per heavy atom. The van der Waals surface area contributed by atoms with E-state index in [1.807, 2.05) is 0 Å². The molecule has 2 aliphatic rings. The lowest BCUT2D eigenvalue weighted by atomic mass is 9.97. The van der Waals surface area contributed by atoms with Crippen molar-refractivity contribution in [2.24, 2.45) is 5.92 Å². The van der Waals surface area contributed by atoms with Gasteiger partial charge in [-0.05, 0) is 37.8 Å². The first-order valence-corrected chi connectivity index (χ1v) is 8.39. The maximum atomic E-state index is 12.8. The molecule has 0 radical (unpaired) electrons. The number of piperidine rings is 1. The standard InChI is InChI=1S/C17H23N3O4/c1-24-12-13-4-3-8-18(11-13)16-7-9-19(17(16)21)14-5-2-6-15(10-14)20(22)23/h2,5-6,10,13,16H,3-4,7-9,11-12H2,1H3/t13-,16-/m0/s1. The molecule has 130 valence electrons. The smallest absolute Gasteiger partial charge is 0.271 e. The summed E-state index contributed by atoms with van der Waals surface area (Å²) in [7, 11) is 1.71. The van der Waals surface area contributed by atoms with Gasteiger partial charge in [0.25, 0.3) is 5.69 Å². The van der Waals surface area contributed by atoms with Crippen molar-refractivity contribution in [3.8, 4) is 0 Å². The van der Waals surface area contributed by atoms with Crippen molar-refractivity contribution >= 4 is 17.3 Å². The average molecular weight is 333 g/mol. The zero-order chi connectivity index (χ0) is 17.1. The number of amides is 1. The lowest BCUT2D eigenvalue weighted by molar-refractivity contribution is -0.384. The fourth-order valence-electron chi connectivity index (χ4n) is 3.79. The van der Waals surface area contributed by atoms with Crippen LogP contribution in [0.4, 0.5) is 11.4 Å². The van der Waals surface area contributed by atoms with Gasteiger partial charge in [-0.2, -0.15) is 0 Å². The Balaban J connectivity index is 1.71. The van der Waals surface area contributed by atoms with Gasteiger partial charge >= 0.3 is 0 Å². The number of ether oxygens (including phenoxy) is 1. The number of rotatable bonds is 5. The highest BCUT2D eigenvalue weighted by Crippen LogP contribution is 2.29. The Labute approximate surface area is 141 Å². The number of nitro groups is 1. The Morgan fingerprint density at radius 2 is 2.17 bits per heavy atom. The summed E-state index contributed by atoms with van der Waals surface area (Å²) in [6.07, 6.45) is 2.98. The molecule has 0 spiro atoms. The number of benzene rings is 1. The van der Waals surface area contributed by atoms with Gasteiger partial charge in [-0.1, -0.05) is 6.07 Å². The fraction of sp³-hybridized carbons (Fsp3) is 0.588. The molecule has 0 aromatic heterocycles. The number of non-ortho nitro benzene ring substituents is 1. The van der Waals surface area contributed by atoms with E-state index in [0.29, 0.717) is 18.2 Å². The second kappa shape index (κ2) is 7.27. The average Bonchev–Trinajstić information content (AvgIpc) is 2.97. The summed E-state index contributed by atoms with van der Waals surface area (Å²) >= 11 is 0. The number of nitrogens with zero attached hydrogens (tertiary/aromatic N) is 3. The SMILES string of the molecule is COC[C@H]1CCCN([C@H]2CCN(c3cccc([N+](=O)[O-])c3)C2=O)C1. The topological polar surface area (TPSA) is 75.9 Å². The Kier molecular flexibility index (Phi) is 5.11. The van der Waals surface area contributed by atoms with E-state index < -0.39 is 4.92 Å². The molecular weight excluding hydrogens is 310 g/mol. The lowest BCUT2D eigenvalue weighted by Gasteiger charge is -2.35. The molecule has 0 aliphatic carbocycles. The Bertz CT molecular complexity index is 620. The molecule has 2 saturated heterocycles. The number of methoxy groups -OCH3 is 1. The van der Waals surface area contributed by atoms with E-state index in [9.17, 15) is 14.9 Å². The summed E-state index contributed by atoms with van der Waals surface area (Å²) in [5.41, 5.74) is 0.629. The number of carbonyl (C=O) groups is 1. The molecule has 0 unspecified atom stereocenters. The number of likely N-dealkylation sites (tertiary alicyclic amines) is 1. The number of carbonyl (C=O) groups excluding carboxylic acids is 1. The minimum absolute atomic E-state index is 0.0156. The van der Waals surface area contributed by atoms with Crippen LogP contribution in [0.3, 0.4) is 0 Å². The van der Waals surface area contributed by atoms with E-state index in [1.165, 1.54) is 12.1 Å². The maximum Gasteiger partial charge on any atom is 0.271 e. The van der Waals surface area contributed by atoms with E-state index in [-0.39, 0.29) is 17.6 Å². The number of anilines is 1. The fourth-order valence-corrected chi connectivity index (χ4v) is 3.79. The minimum Gasteiger partial charge on any atom is -0.384 e. The Morgan fingerprint density at radius 1 is 1.33 bits per heavy atom. The molecule has 3 rings (SSSR count). The third-order valence-electron chi connectivity index (χ3n) is 4.92. The summed E-state index contributed by atoms with van der Waals surface area (Å²) in [6.45, 7) is 3.15. The molecule has 1 aromatic carbocycles. The van der Waals surface area contributed by atoms with Gasteiger partial charge in [-0.15, -0.1) is 0 Å². The van der Waals surface area contributed by atoms with Crippen LogP contribution in [0.15, 0.2) is 24.3 Å². The largest absolute Gasteiger partial charge is 0.384 e. The van der Waals surface area contributed by atoms with Gasteiger partial charge in [0, 0.05) is 32.3 Å². The van der Waals surface area contributed by atoms with Crippen molar-refractivity contribution in [1.82, 2.24) is 4.90 Å². The number of hydrogen-bond acceptors (Lipinski definition) is 5. The van der Waals surface area contributed by atoms with Gasteiger partial charge in [0.15, 0.2) is 0 Å². The van der Waals surface area contributed by atoms with Gasteiger partial charge in [0.05, 0.1) is 23.3 Å². The van der Waals surface area contributed by atoms with Gasteiger partial charge in [-0.25, -0.2) is 0 Å². The second-order valence-corrected chi connectivity index (χ2v) is 6.53. The molecule has 7 nitrogen and oxygen atoms in total. The highest BCUT2D eigenvalue weighted by atomic mass is 16.6. The molecule has 2 heterocycles. The van der Waals surface area contributed by atoms with Gasteiger partial charge in [0.2, 0.25) is 5.91 Å². The molecule has 0 bridgehead atoms. The van der Waals surface area contributed by atoms with Gasteiger partial charge < -0.3 is 9.64 Å². The molecule has 7 heteroatoms. The summed E-state index contributed by atoms with van der Waals surface area (Å²) in [5, 5.41) is 10.9. The van der Waals surface area contributed by atoms with Crippen LogP contribution in [0, 0.1) is 16.0 Å². The van der Waals surface area contributed by atoms with Crippen molar-refractivity contribution in [2.45, 2.75) is 25.3 Å². The molecule has 2 fully saturated rings. The van der Waals surface area contributed by atoms with Crippen LogP contribution in [0.1, 0.15) is 19.3 Å². The molecule has 1 amide bonds. The third kappa shape index (κ3) is 3.42. The van der Waals surface area contributed by atoms with Crippen molar-refractivity contribution in [3.05, 3.63) is 34.4 Å². The number of hydrogen-bond donors (Lipinski definition) is 0. The van der Waals surface area contributed by atoms with Crippen molar-refractivity contribution < 1.29 is 14.5 Å². The summed E-state index contributed by atoms with van der Waals surface area (Å²) < 4.78 is 5.26. The first-order chi connectivity index (χ1) is 11.6. The minimum atomic E-state index is -0.429. The molecular formula is C17H23N3O4. The molecule has 1 aromatic rings. The van der Waals surface area contributed by atoms with Crippen molar-refractivity contribution in [3.63, 3.8) is 0 Å². The van der Waals surface area contributed by atoms with Crippen molar-refractivity contribution in [1.29, 1.82) is 0 Å². The highest BCUT2D eigenvalue weighted by molar-refractivity contribution is 5.99. The third-order valence-corrected chi connectivity index (χ3v) is 4.92. The van der Waals surface area contributed by atoms with Crippen LogP contribution in [-0.2, 0) is 9.53 Å². The quantitative estimate of drug-likeness (QED) is 0.609. The van der Waals surface area contributed by atoms with E-state index >= 15 is 0 Å².